The Morgan fingerprint density at radius 1 is 1.00 bits per heavy atom. The molecule has 0 fully saturated rings. The molecule has 0 bridgehead atoms. The number of benzene rings is 1. The normalized spacial score (nSPS) is 10.7. The molecule has 0 unspecified atom stereocenters. The zero-order chi connectivity index (χ0) is 13.4. The third-order valence-corrected chi connectivity index (χ3v) is 6.73. The van der Waals surface area contributed by atoms with E-state index in [1.165, 1.54) is 11.3 Å². The maximum atomic E-state index is 12.4. The van der Waals surface area contributed by atoms with E-state index in [0.29, 0.717) is 0 Å². The lowest BCUT2D eigenvalue weighted by atomic mass is 10.0. The molecule has 18 heavy (non-hydrogen) atoms. The Morgan fingerprint density at radius 2 is 1.67 bits per heavy atom. The smallest absolute Gasteiger partial charge is 0.203 e. The van der Waals surface area contributed by atoms with Crippen molar-refractivity contribution >= 4 is 64.9 Å². The lowest BCUT2D eigenvalue weighted by Crippen LogP contribution is -2.02. The van der Waals surface area contributed by atoms with E-state index in [-0.39, 0.29) is 5.78 Å². The van der Waals surface area contributed by atoms with Gasteiger partial charge in [-0.15, -0.1) is 11.3 Å². The number of halogens is 3. The minimum absolute atomic E-state index is 0.0690. The first-order chi connectivity index (χ1) is 8.40. The van der Waals surface area contributed by atoms with E-state index >= 15 is 0 Å². The summed E-state index contributed by atoms with van der Waals surface area (Å²) in [4.78, 5) is 13.2. The summed E-state index contributed by atoms with van der Waals surface area (Å²) in [6, 6.07) is 5.78. The molecular formula is C13H9Br3OS. The van der Waals surface area contributed by atoms with E-state index < -0.39 is 0 Å². The predicted molar refractivity (Wildman–Crippen MR) is 86.8 cm³/mol. The van der Waals surface area contributed by atoms with Crippen molar-refractivity contribution in [3.05, 3.63) is 52.5 Å². The fourth-order valence-electron chi connectivity index (χ4n) is 1.62. The fraction of sp³-hybridized carbons (Fsp3) is 0.154. The number of thiophene rings is 1. The number of aryl methyl sites for hydroxylation is 2. The second kappa shape index (κ2) is 5.57. The molecular weight excluding hydrogens is 444 g/mol. The molecule has 94 valence electrons. The molecule has 0 saturated heterocycles. The van der Waals surface area contributed by atoms with Crippen LogP contribution in [0.2, 0.25) is 0 Å². The molecule has 0 radical (unpaired) electrons. The van der Waals surface area contributed by atoms with Gasteiger partial charge in [0.15, 0.2) is 0 Å². The summed E-state index contributed by atoms with van der Waals surface area (Å²) in [5.41, 5.74) is 2.81. The highest BCUT2D eigenvalue weighted by Gasteiger charge is 2.17. The fourth-order valence-corrected chi connectivity index (χ4v) is 4.06. The first-order valence-electron chi connectivity index (χ1n) is 5.16. The van der Waals surface area contributed by atoms with Crippen LogP contribution in [0.15, 0.2) is 30.9 Å². The van der Waals surface area contributed by atoms with E-state index in [9.17, 15) is 4.79 Å². The van der Waals surface area contributed by atoms with Crippen molar-refractivity contribution in [3.8, 4) is 0 Å². The first-order valence-corrected chi connectivity index (χ1v) is 8.36. The summed E-state index contributed by atoms with van der Waals surface area (Å²) in [5.74, 6) is 0.0690. The van der Waals surface area contributed by atoms with Gasteiger partial charge in [0.25, 0.3) is 0 Å². The molecule has 1 aromatic heterocycles. The van der Waals surface area contributed by atoms with Crippen molar-refractivity contribution in [2.24, 2.45) is 0 Å². The molecule has 1 aromatic carbocycles. The highest BCUT2D eigenvalue weighted by atomic mass is 79.9. The van der Waals surface area contributed by atoms with Gasteiger partial charge in [0.2, 0.25) is 5.78 Å². The number of carbonyl (C=O) groups is 1. The molecule has 0 aliphatic carbocycles. The zero-order valence-corrected chi connectivity index (χ0v) is 15.3. The molecule has 0 aliphatic rings. The Kier molecular flexibility index (Phi) is 4.47. The van der Waals surface area contributed by atoms with Crippen LogP contribution in [0.1, 0.15) is 26.4 Å². The van der Waals surface area contributed by atoms with Crippen LogP contribution in [0.25, 0.3) is 0 Å². The molecule has 1 nitrogen and oxygen atoms in total. The average Bonchev–Trinajstić information content (AvgIpc) is 2.63. The van der Waals surface area contributed by atoms with Gasteiger partial charge in [0, 0.05) is 14.5 Å². The van der Waals surface area contributed by atoms with Gasteiger partial charge >= 0.3 is 0 Å². The Balaban J connectivity index is 2.49. The van der Waals surface area contributed by atoms with Gasteiger partial charge in [-0.05, 0) is 75.0 Å². The number of ketones is 1. The Morgan fingerprint density at radius 3 is 2.22 bits per heavy atom. The van der Waals surface area contributed by atoms with Crippen molar-refractivity contribution in [1.29, 1.82) is 0 Å². The molecule has 2 rings (SSSR count). The molecule has 0 atom stereocenters. The van der Waals surface area contributed by atoms with E-state index in [4.69, 9.17) is 0 Å². The van der Waals surface area contributed by atoms with E-state index in [0.717, 1.165) is 34.3 Å². The van der Waals surface area contributed by atoms with Crippen molar-refractivity contribution in [3.63, 3.8) is 0 Å². The van der Waals surface area contributed by atoms with E-state index in [1.54, 1.807) is 0 Å². The summed E-state index contributed by atoms with van der Waals surface area (Å²) >= 11 is 11.7. The third kappa shape index (κ3) is 2.79. The zero-order valence-electron chi connectivity index (χ0n) is 9.68. The number of carbonyl (C=O) groups excluding carboxylic acids is 1. The highest BCUT2D eigenvalue weighted by Crippen LogP contribution is 2.34. The lowest BCUT2D eigenvalue weighted by Gasteiger charge is -2.06. The molecule has 0 spiro atoms. The molecule has 5 heteroatoms. The van der Waals surface area contributed by atoms with Crippen LogP contribution in [0.3, 0.4) is 0 Å². The number of hydrogen-bond donors (Lipinski definition) is 0. The van der Waals surface area contributed by atoms with Crippen LogP contribution in [-0.2, 0) is 0 Å². The second-order valence-corrected chi connectivity index (χ2v) is 8.06. The quantitative estimate of drug-likeness (QED) is 0.520. The maximum absolute atomic E-state index is 12.4. The summed E-state index contributed by atoms with van der Waals surface area (Å²) < 4.78 is 2.89. The van der Waals surface area contributed by atoms with Crippen LogP contribution >= 0.6 is 59.1 Å². The van der Waals surface area contributed by atoms with Gasteiger partial charge in [-0.25, -0.2) is 0 Å². The minimum atomic E-state index is 0.0690. The van der Waals surface area contributed by atoms with Gasteiger partial charge in [0.1, 0.15) is 0 Å². The summed E-state index contributed by atoms with van der Waals surface area (Å²) in [6.07, 6.45) is 0. The van der Waals surface area contributed by atoms with Crippen molar-refractivity contribution in [2.75, 3.05) is 0 Å². The number of rotatable bonds is 2. The van der Waals surface area contributed by atoms with Crippen molar-refractivity contribution in [1.82, 2.24) is 0 Å². The second-order valence-electron chi connectivity index (χ2n) is 3.98. The molecule has 1 heterocycles. The van der Waals surface area contributed by atoms with E-state index in [2.05, 4.69) is 47.8 Å². The first kappa shape index (κ1) is 14.4. The predicted octanol–water partition coefficient (Wildman–Crippen LogP) is 5.88. The third-order valence-electron chi connectivity index (χ3n) is 2.62. The summed E-state index contributed by atoms with van der Waals surface area (Å²) in [5, 5.41) is 0. The largest absolute Gasteiger partial charge is 0.288 e. The Bertz CT molecular complexity index is 612. The highest BCUT2D eigenvalue weighted by molar-refractivity contribution is 9.13. The van der Waals surface area contributed by atoms with Crippen molar-refractivity contribution in [2.45, 2.75) is 13.8 Å². The minimum Gasteiger partial charge on any atom is -0.288 e. The standard InChI is InChI=1S/C13H9Br3OS/c1-6-4-9(14)7(2)3-8(6)12(17)11-5-10(15)13(16)18-11/h3-5H,1-2H3. The van der Waals surface area contributed by atoms with Gasteiger partial charge in [0.05, 0.1) is 8.66 Å². The van der Waals surface area contributed by atoms with Gasteiger partial charge in [-0.3, -0.25) is 4.79 Å². The summed E-state index contributed by atoms with van der Waals surface area (Å²) in [7, 11) is 0. The topological polar surface area (TPSA) is 17.1 Å². The van der Waals surface area contributed by atoms with Crippen LogP contribution in [0.4, 0.5) is 0 Å². The van der Waals surface area contributed by atoms with Gasteiger partial charge in [-0.2, -0.15) is 0 Å². The van der Waals surface area contributed by atoms with Crippen molar-refractivity contribution < 1.29 is 4.79 Å². The maximum Gasteiger partial charge on any atom is 0.203 e. The molecule has 0 amide bonds. The van der Waals surface area contributed by atoms with Crippen LogP contribution in [-0.4, -0.2) is 5.78 Å². The lowest BCUT2D eigenvalue weighted by molar-refractivity contribution is 0.104. The number of hydrogen-bond acceptors (Lipinski definition) is 2. The van der Waals surface area contributed by atoms with Crippen LogP contribution < -0.4 is 0 Å². The monoisotopic (exact) mass is 450 g/mol. The Labute approximate surface area is 135 Å². The summed E-state index contributed by atoms with van der Waals surface area (Å²) in [6.45, 7) is 3.94. The Hall–Kier alpha value is 0.0300. The van der Waals surface area contributed by atoms with E-state index in [1.807, 2.05) is 32.0 Å². The average molecular weight is 453 g/mol. The van der Waals surface area contributed by atoms with Crippen LogP contribution in [0.5, 0.6) is 0 Å². The van der Waals surface area contributed by atoms with Gasteiger partial charge < -0.3 is 0 Å². The SMILES string of the molecule is Cc1cc(C(=O)c2cc(Br)c(Br)s2)c(C)cc1Br. The molecule has 0 saturated carbocycles. The molecule has 0 N–H and O–H groups in total. The molecule has 0 aliphatic heterocycles. The van der Waals surface area contributed by atoms with Gasteiger partial charge in [-0.1, -0.05) is 15.9 Å². The van der Waals surface area contributed by atoms with Crippen LogP contribution in [0, 0.1) is 13.8 Å². The molecule has 2 aromatic rings.